The molecule has 1 N–H and O–H groups in total. The van der Waals surface area contributed by atoms with E-state index in [1.165, 1.54) is 0 Å². The van der Waals surface area contributed by atoms with Gasteiger partial charge in [0, 0.05) is 6.04 Å². The number of ether oxygens (including phenoxy) is 1. The lowest BCUT2D eigenvalue weighted by Gasteiger charge is -2.15. The molecule has 1 aliphatic rings. The van der Waals surface area contributed by atoms with Gasteiger partial charge in [-0.3, -0.25) is 4.79 Å². The molecule has 1 aromatic carbocycles. The summed E-state index contributed by atoms with van der Waals surface area (Å²) in [6, 6.07) is 8.11. The second kappa shape index (κ2) is 4.56. The zero-order valence-corrected chi connectivity index (χ0v) is 9.69. The maximum Gasteiger partial charge on any atom is 0.260 e. The van der Waals surface area contributed by atoms with Crippen LogP contribution in [-0.4, -0.2) is 18.1 Å². The Morgan fingerprint density at radius 2 is 2.12 bits per heavy atom. The van der Waals surface area contributed by atoms with Gasteiger partial charge in [0.15, 0.2) is 6.10 Å². The van der Waals surface area contributed by atoms with Crippen molar-refractivity contribution < 1.29 is 9.53 Å². The van der Waals surface area contributed by atoms with E-state index in [-0.39, 0.29) is 5.91 Å². The first-order chi connectivity index (χ1) is 7.66. The van der Waals surface area contributed by atoms with Crippen molar-refractivity contribution in [3.63, 3.8) is 0 Å². The fourth-order valence-electron chi connectivity index (χ4n) is 1.48. The third-order valence-corrected chi connectivity index (χ3v) is 2.69. The Morgan fingerprint density at radius 1 is 1.44 bits per heavy atom. The van der Waals surface area contributed by atoms with Crippen LogP contribution in [0.2, 0.25) is 0 Å². The molecule has 1 amide bonds. The number of aryl methyl sites for hydroxylation is 1. The van der Waals surface area contributed by atoms with Crippen molar-refractivity contribution in [1.29, 1.82) is 0 Å². The first kappa shape index (κ1) is 11.0. The SMILES string of the molecule is Cc1ccccc1O[C@H](C)C(=O)NC1CC1. The number of carbonyl (C=O) groups is 1. The number of carbonyl (C=O) groups excluding carboxylic acids is 1. The quantitative estimate of drug-likeness (QED) is 0.841. The van der Waals surface area contributed by atoms with Gasteiger partial charge in [0.2, 0.25) is 0 Å². The molecule has 2 rings (SSSR count). The molecule has 0 aromatic heterocycles. The Hall–Kier alpha value is -1.51. The van der Waals surface area contributed by atoms with Crippen LogP contribution in [0.25, 0.3) is 0 Å². The van der Waals surface area contributed by atoms with Crippen molar-refractivity contribution in [3.05, 3.63) is 29.8 Å². The molecule has 0 heterocycles. The van der Waals surface area contributed by atoms with E-state index in [9.17, 15) is 4.79 Å². The van der Waals surface area contributed by atoms with Gasteiger partial charge >= 0.3 is 0 Å². The monoisotopic (exact) mass is 219 g/mol. The van der Waals surface area contributed by atoms with Crippen LogP contribution < -0.4 is 10.1 Å². The van der Waals surface area contributed by atoms with E-state index in [0.717, 1.165) is 24.2 Å². The fourth-order valence-corrected chi connectivity index (χ4v) is 1.48. The highest BCUT2D eigenvalue weighted by Crippen LogP contribution is 2.20. The van der Waals surface area contributed by atoms with Gasteiger partial charge < -0.3 is 10.1 Å². The minimum Gasteiger partial charge on any atom is -0.481 e. The number of hydrogen-bond donors (Lipinski definition) is 1. The minimum absolute atomic E-state index is 0.0225. The topological polar surface area (TPSA) is 38.3 Å². The first-order valence-corrected chi connectivity index (χ1v) is 5.69. The lowest BCUT2D eigenvalue weighted by Crippen LogP contribution is -2.37. The van der Waals surface area contributed by atoms with Crippen molar-refractivity contribution in [2.24, 2.45) is 0 Å². The summed E-state index contributed by atoms with van der Waals surface area (Å²) in [4.78, 5) is 11.7. The smallest absolute Gasteiger partial charge is 0.260 e. The van der Waals surface area contributed by atoms with Gasteiger partial charge in [-0.25, -0.2) is 0 Å². The maximum atomic E-state index is 11.7. The second-order valence-corrected chi connectivity index (χ2v) is 4.31. The molecule has 1 atom stereocenters. The predicted octanol–water partition coefficient (Wildman–Crippen LogP) is 2.04. The molecule has 1 saturated carbocycles. The van der Waals surface area contributed by atoms with Crippen LogP contribution in [0.1, 0.15) is 25.3 Å². The first-order valence-electron chi connectivity index (χ1n) is 5.69. The summed E-state index contributed by atoms with van der Waals surface area (Å²) >= 11 is 0. The van der Waals surface area contributed by atoms with Gasteiger partial charge in [0.25, 0.3) is 5.91 Å². The normalized spacial score (nSPS) is 16.6. The summed E-state index contributed by atoms with van der Waals surface area (Å²) in [5, 5.41) is 2.93. The van der Waals surface area contributed by atoms with E-state index in [2.05, 4.69) is 5.32 Å². The molecule has 0 aliphatic heterocycles. The zero-order valence-electron chi connectivity index (χ0n) is 9.69. The van der Waals surface area contributed by atoms with Gasteiger partial charge in [0.1, 0.15) is 5.75 Å². The lowest BCUT2D eigenvalue weighted by atomic mass is 10.2. The Labute approximate surface area is 95.8 Å². The van der Waals surface area contributed by atoms with Crippen LogP contribution in [-0.2, 0) is 4.79 Å². The molecule has 0 saturated heterocycles. The second-order valence-electron chi connectivity index (χ2n) is 4.31. The minimum atomic E-state index is -0.429. The lowest BCUT2D eigenvalue weighted by molar-refractivity contribution is -0.127. The number of amides is 1. The fraction of sp³-hybridized carbons (Fsp3) is 0.462. The van der Waals surface area contributed by atoms with Crippen LogP contribution in [0.15, 0.2) is 24.3 Å². The summed E-state index contributed by atoms with van der Waals surface area (Å²) in [7, 11) is 0. The highest BCUT2D eigenvalue weighted by Gasteiger charge is 2.26. The molecular formula is C13H17NO2. The van der Waals surface area contributed by atoms with E-state index < -0.39 is 6.10 Å². The molecule has 0 radical (unpaired) electrons. The van der Waals surface area contributed by atoms with Crippen LogP contribution in [0.5, 0.6) is 5.75 Å². The van der Waals surface area contributed by atoms with Crippen molar-refractivity contribution >= 4 is 5.91 Å². The van der Waals surface area contributed by atoms with Crippen molar-refractivity contribution in [3.8, 4) is 5.75 Å². The van der Waals surface area contributed by atoms with Crippen molar-refractivity contribution in [2.45, 2.75) is 38.8 Å². The highest BCUT2D eigenvalue weighted by atomic mass is 16.5. The Morgan fingerprint density at radius 3 is 2.75 bits per heavy atom. The number of rotatable bonds is 4. The van der Waals surface area contributed by atoms with Crippen molar-refractivity contribution in [1.82, 2.24) is 5.32 Å². The maximum absolute atomic E-state index is 11.7. The van der Waals surface area contributed by atoms with E-state index >= 15 is 0 Å². The molecule has 16 heavy (non-hydrogen) atoms. The van der Waals surface area contributed by atoms with E-state index in [0.29, 0.717) is 6.04 Å². The number of hydrogen-bond acceptors (Lipinski definition) is 2. The molecule has 1 aromatic rings. The van der Waals surface area contributed by atoms with Crippen LogP contribution in [0.4, 0.5) is 0 Å². The standard InChI is InChI=1S/C13H17NO2/c1-9-5-3-4-6-12(9)16-10(2)13(15)14-11-7-8-11/h3-6,10-11H,7-8H2,1-2H3,(H,14,15)/t10-/m1/s1. The van der Waals surface area contributed by atoms with E-state index in [1.54, 1.807) is 6.92 Å². The Balaban J connectivity index is 1.92. The van der Waals surface area contributed by atoms with Gasteiger partial charge in [-0.15, -0.1) is 0 Å². The summed E-state index contributed by atoms with van der Waals surface area (Å²) < 4.78 is 5.62. The summed E-state index contributed by atoms with van der Waals surface area (Å²) in [5.74, 6) is 0.756. The third kappa shape index (κ3) is 2.75. The zero-order chi connectivity index (χ0) is 11.5. The molecule has 3 nitrogen and oxygen atoms in total. The molecule has 0 bridgehead atoms. The molecular weight excluding hydrogens is 202 g/mol. The molecule has 1 aliphatic carbocycles. The van der Waals surface area contributed by atoms with Crippen LogP contribution >= 0.6 is 0 Å². The van der Waals surface area contributed by atoms with E-state index in [4.69, 9.17) is 4.74 Å². The molecule has 86 valence electrons. The highest BCUT2D eigenvalue weighted by molar-refractivity contribution is 5.81. The van der Waals surface area contributed by atoms with Gasteiger partial charge in [-0.1, -0.05) is 18.2 Å². The van der Waals surface area contributed by atoms with Gasteiger partial charge in [-0.05, 0) is 38.3 Å². The van der Waals surface area contributed by atoms with Crippen LogP contribution in [0.3, 0.4) is 0 Å². The van der Waals surface area contributed by atoms with Gasteiger partial charge in [0.05, 0.1) is 0 Å². The predicted molar refractivity (Wildman–Crippen MR) is 62.4 cm³/mol. The third-order valence-electron chi connectivity index (χ3n) is 2.69. The number of para-hydroxylation sites is 1. The Kier molecular flexibility index (Phi) is 3.13. The van der Waals surface area contributed by atoms with E-state index in [1.807, 2.05) is 31.2 Å². The van der Waals surface area contributed by atoms with Gasteiger partial charge in [-0.2, -0.15) is 0 Å². The molecule has 1 fully saturated rings. The summed E-state index contributed by atoms with van der Waals surface area (Å²) in [6.07, 6.45) is 1.77. The summed E-state index contributed by atoms with van der Waals surface area (Å²) in [6.45, 7) is 3.75. The molecule has 0 spiro atoms. The number of benzene rings is 1. The van der Waals surface area contributed by atoms with Crippen LogP contribution in [0, 0.1) is 6.92 Å². The Bertz CT molecular complexity index is 385. The average molecular weight is 219 g/mol. The average Bonchev–Trinajstić information content (AvgIpc) is 3.05. The largest absolute Gasteiger partial charge is 0.481 e. The summed E-state index contributed by atoms with van der Waals surface area (Å²) in [5.41, 5.74) is 1.05. The number of nitrogens with one attached hydrogen (secondary N) is 1. The molecule has 0 unspecified atom stereocenters. The molecule has 3 heteroatoms. The van der Waals surface area contributed by atoms with Crippen molar-refractivity contribution in [2.75, 3.05) is 0 Å².